The van der Waals surface area contributed by atoms with Crippen LogP contribution in [0.1, 0.15) is 22.3 Å². The van der Waals surface area contributed by atoms with Gasteiger partial charge in [0.05, 0.1) is 25.0 Å². The Morgan fingerprint density at radius 1 is 0.276 bits per heavy atom. The molecule has 1 fully saturated rings. The summed E-state index contributed by atoms with van der Waals surface area (Å²) in [5.74, 6) is -1.32. The number of benzene rings is 18. The summed E-state index contributed by atoms with van der Waals surface area (Å²) in [6.45, 7) is 0. The van der Waals surface area contributed by atoms with Crippen molar-refractivity contribution in [2.45, 2.75) is 16.5 Å². The molecule has 2 spiro atoms. The van der Waals surface area contributed by atoms with Crippen molar-refractivity contribution in [2.75, 3.05) is 28.4 Å². The molecule has 0 aromatic heterocycles. The van der Waals surface area contributed by atoms with Crippen molar-refractivity contribution in [3.63, 3.8) is 0 Å². The highest BCUT2D eigenvalue weighted by Crippen LogP contribution is 2.99. The van der Waals surface area contributed by atoms with Crippen LogP contribution in [0.5, 0.6) is 0 Å². The van der Waals surface area contributed by atoms with Crippen LogP contribution in [0.2, 0.25) is 0 Å². The van der Waals surface area contributed by atoms with Gasteiger partial charge in [-0.15, -0.1) is 0 Å². The molecule has 332 valence electrons. The highest BCUT2D eigenvalue weighted by atomic mass is 31.2. The van der Waals surface area contributed by atoms with Crippen molar-refractivity contribution in [1.82, 2.24) is 0 Å². The van der Waals surface area contributed by atoms with E-state index in [9.17, 15) is 0 Å². The Morgan fingerprint density at radius 2 is 0.434 bits per heavy atom. The molecule has 28 aromatic rings. The van der Waals surface area contributed by atoms with Crippen LogP contribution in [0, 0.1) is 5.41 Å². The molecule has 1 saturated carbocycles. The zero-order chi connectivity index (χ0) is 47.0. The normalized spacial score (nSPS) is 23.9. The van der Waals surface area contributed by atoms with Crippen molar-refractivity contribution < 1.29 is 32.7 Å². The van der Waals surface area contributed by atoms with Crippen LogP contribution in [-0.2, 0) is 43.5 Å². The van der Waals surface area contributed by atoms with E-state index in [1.807, 2.05) is 0 Å². The molecule has 0 aliphatic heterocycles. The Morgan fingerprint density at radius 3 is 0.566 bits per heavy atom. The lowest BCUT2D eigenvalue weighted by atomic mass is 9.68. The van der Waals surface area contributed by atoms with Crippen LogP contribution in [0.4, 0.5) is 0 Å². The second-order valence-corrected chi connectivity index (χ2v) is 28.7. The molecule has 0 amide bonds. The van der Waals surface area contributed by atoms with Crippen molar-refractivity contribution >= 4 is 310 Å². The minimum absolute atomic E-state index is 0.549. The number of hydrogen-bond donors (Lipinski definition) is 0. The number of carbonyl (C=O) groups is 2. The van der Waals surface area contributed by atoms with Crippen LogP contribution in [0.15, 0.2) is 0 Å². The fraction of sp³-hybridized carbons (Fsp3) is 0.118. The minimum atomic E-state index is -4.58. The molecule has 33 rings (SSSR count). The van der Waals surface area contributed by atoms with Gasteiger partial charge in [0, 0.05) is 14.2 Å². The van der Waals surface area contributed by atoms with E-state index in [-0.39, 0.29) is 0 Å². The fourth-order valence-corrected chi connectivity index (χ4v) is 28.5. The number of esters is 2. The molecule has 7 nitrogen and oxygen atoms in total. The van der Waals surface area contributed by atoms with E-state index in [4.69, 9.17) is 18.5 Å². The summed E-state index contributed by atoms with van der Waals surface area (Å²) in [5, 5.41) is 76.3. The maximum absolute atomic E-state index is 17.1. The lowest BCUT2D eigenvalue weighted by Crippen LogP contribution is -2.45. The number of carbonyl (C=O) groups excluding carboxylic acids is 2. The molecule has 0 saturated heterocycles. The Kier molecular flexibility index (Phi) is 2.83. The monoisotopic (exact) mass is 972 g/mol. The van der Waals surface area contributed by atoms with Gasteiger partial charge in [-0.1, -0.05) is 0 Å². The maximum atomic E-state index is 17.1. The molecular formula is C68H13O7P. The second kappa shape index (κ2) is 6.97. The SMILES string of the molecule is COC(=O)C(C1(C(=O)OC)C23c4c5c6c7c8c9c(c%10c%11c2c2c4c4c%12c5c5c6c6c8c8c%13c9c9c%10c%10c%11c%11c2c2c4c4c%12c%12c5c5c6c8c6c8c%13c9c9c%10c%10c%11c2c2c4c4c%12c5c6c5c8c9c%10c2c45)C731)P(=O)(OC)OC. The minimum Gasteiger partial charge on any atom is -0.468 e. The standard InChI is InChI=1S/C68H13O7P/c1-72-64(69)63(76(71,74-3)75-4)68(65(70)73-2)66-59-51-43-33-23-15-7-5-6-9-13-11(7)19-27-21(13)31-25-17(9)18-10(6)14-12-8(5)16(15)24-30-20(12)28-22(14)32-26(18)36-35(25)45-39(31)49-41(27)47(37(43)29(19)23)55(59)57(49)61-53(45)54-46(36)40(32)50-42(28)48-38(30)44(34(24)33)52(51)60(66)56(48)58(50)62(54)67(61,66)68/h63H,1-4H3. The summed E-state index contributed by atoms with van der Waals surface area (Å²) in [6.07, 6.45) is 0. The van der Waals surface area contributed by atoms with Gasteiger partial charge in [-0.2, -0.15) is 0 Å². The third-order valence-corrected chi connectivity index (χ3v) is 28.8. The first-order valence-electron chi connectivity index (χ1n) is 27.1. The summed E-state index contributed by atoms with van der Waals surface area (Å²) in [4.78, 5) is 32.9. The number of rotatable bonds is 6. The Bertz CT molecular complexity index is 7010. The lowest BCUT2D eigenvalue weighted by molar-refractivity contribution is -0.155. The Labute approximate surface area is 413 Å². The molecular weight excluding hydrogens is 960 g/mol. The summed E-state index contributed by atoms with van der Waals surface area (Å²) in [6, 6.07) is 0. The summed E-state index contributed by atoms with van der Waals surface area (Å²) < 4.78 is 41.4. The molecule has 1 unspecified atom stereocenters. The van der Waals surface area contributed by atoms with Crippen LogP contribution in [0.25, 0.3) is 291 Å². The molecule has 76 heavy (non-hydrogen) atoms. The molecule has 0 bridgehead atoms. The highest BCUT2D eigenvalue weighted by Gasteiger charge is 3.01. The number of methoxy groups -OCH3 is 2. The first-order chi connectivity index (χ1) is 37.4. The predicted octanol–water partition coefficient (Wildman–Crippen LogP) is 16.5. The van der Waals surface area contributed by atoms with Gasteiger partial charge < -0.3 is 18.5 Å². The third kappa shape index (κ3) is 1.60. The fourth-order valence-electron chi connectivity index (χ4n) is 26.6. The van der Waals surface area contributed by atoms with Gasteiger partial charge in [0.25, 0.3) is 0 Å². The van der Waals surface area contributed by atoms with E-state index < -0.39 is 41.4 Å². The summed E-state index contributed by atoms with van der Waals surface area (Å²) in [5.41, 5.74) is -1.46. The highest BCUT2D eigenvalue weighted by molar-refractivity contribution is 7.56. The van der Waals surface area contributed by atoms with Crippen molar-refractivity contribution in [2.24, 2.45) is 5.41 Å². The van der Waals surface area contributed by atoms with Gasteiger partial charge in [-0.05, 0) is 313 Å². The predicted molar refractivity (Wildman–Crippen MR) is 306 cm³/mol. The van der Waals surface area contributed by atoms with Crippen LogP contribution >= 0.6 is 7.60 Å². The molecule has 28 aromatic carbocycles. The Balaban J connectivity index is 1.14. The van der Waals surface area contributed by atoms with Crippen molar-refractivity contribution in [1.29, 1.82) is 0 Å². The average molecular weight is 973 g/mol. The first kappa shape index (κ1) is 30.8. The molecule has 1 atom stereocenters. The van der Waals surface area contributed by atoms with E-state index in [1.54, 1.807) is 0 Å². The zero-order valence-corrected chi connectivity index (χ0v) is 40.3. The second-order valence-electron chi connectivity index (χ2n) is 26.4. The van der Waals surface area contributed by atoms with Crippen LogP contribution in [0.3, 0.4) is 0 Å². The molecule has 0 radical (unpaired) electrons. The van der Waals surface area contributed by atoms with E-state index in [0.29, 0.717) is 0 Å². The Hall–Kier alpha value is -8.45. The molecule has 5 aliphatic rings. The van der Waals surface area contributed by atoms with E-state index in [1.165, 1.54) is 319 Å². The number of ether oxygens (including phenoxy) is 2. The summed E-state index contributed by atoms with van der Waals surface area (Å²) in [7, 11) is 1.01. The third-order valence-electron chi connectivity index (χ3n) is 26.6. The molecule has 0 N–H and O–H groups in total. The van der Waals surface area contributed by atoms with Gasteiger partial charge in [-0.25, -0.2) is 0 Å². The largest absolute Gasteiger partial charge is 0.468 e. The molecule has 0 heterocycles. The smallest absolute Gasteiger partial charge is 0.345 e. The van der Waals surface area contributed by atoms with Crippen LogP contribution in [-0.4, -0.2) is 46.0 Å². The average Bonchev–Trinajstić information content (AvgIpc) is 1.48. The van der Waals surface area contributed by atoms with Crippen molar-refractivity contribution in [3.8, 4) is 0 Å². The zero-order valence-electron chi connectivity index (χ0n) is 39.4. The molecule has 5 aliphatic carbocycles. The van der Waals surface area contributed by atoms with Crippen LogP contribution < -0.4 is 0 Å². The topological polar surface area (TPSA) is 88.1 Å². The quantitative estimate of drug-likeness (QED) is 0.0931. The lowest BCUT2D eigenvalue weighted by Gasteiger charge is -2.32. The van der Waals surface area contributed by atoms with Gasteiger partial charge in [0.2, 0.25) is 0 Å². The van der Waals surface area contributed by atoms with Gasteiger partial charge >= 0.3 is 19.5 Å². The first-order valence-corrected chi connectivity index (χ1v) is 28.7. The maximum Gasteiger partial charge on any atom is 0.345 e. The summed E-state index contributed by atoms with van der Waals surface area (Å²) >= 11 is 0. The van der Waals surface area contributed by atoms with E-state index in [0.717, 1.165) is 22.3 Å². The van der Waals surface area contributed by atoms with Gasteiger partial charge in [0.15, 0.2) is 5.66 Å². The van der Waals surface area contributed by atoms with Gasteiger partial charge in [0.1, 0.15) is 5.41 Å². The van der Waals surface area contributed by atoms with E-state index in [2.05, 4.69) is 0 Å². The van der Waals surface area contributed by atoms with Crippen molar-refractivity contribution in [3.05, 3.63) is 22.3 Å². The van der Waals surface area contributed by atoms with E-state index >= 15 is 14.2 Å². The number of hydrogen-bond acceptors (Lipinski definition) is 7. The van der Waals surface area contributed by atoms with Gasteiger partial charge in [-0.3, -0.25) is 14.2 Å². The molecule has 8 heteroatoms.